The highest BCUT2D eigenvalue weighted by Crippen LogP contribution is 2.34. The van der Waals surface area contributed by atoms with E-state index >= 15 is 0 Å². The Kier molecular flexibility index (Phi) is 4.52. The van der Waals surface area contributed by atoms with Crippen LogP contribution in [0.1, 0.15) is 51.0 Å². The van der Waals surface area contributed by atoms with Crippen molar-refractivity contribution in [2.45, 2.75) is 51.0 Å². The van der Waals surface area contributed by atoms with Crippen molar-refractivity contribution >= 4 is 22.9 Å². The second-order valence-corrected chi connectivity index (χ2v) is 7.12. The number of amides is 1. The molecule has 1 unspecified atom stereocenters. The molecule has 1 atom stereocenters. The number of rotatable bonds is 3. The van der Waals surface area contributed by atoms with E-state index in [1.54, 1.807) is 0 Å². The molecule has 2 fully saturated rings. The van der Waals surface area contributed by atoms with Crippen LogP contribution >= 0.6 is 0 Å². The first-order valence-corrected chi connectivity index (χ1v) is 9.31. The Labute approximate surface area is 142 Å². The van der Waals surface area contributed by atoms with Gasteiger partial charge in [0.1, 0.15) is 0 Å². The molecule has 0 radical (unpaired) electrons. The highest BCUT2D eigenvalue weighted by molar-refractivity contribution is 5.93. The molecule has 0 bridgehead atoms. The van der Waals surface area contributed by atoms with Crippen molar-refractivity contribution in [2.75, 3.05) is 18.4 Å². The van der Waals surface area contributed by atoms with Crippen molar-refractivity contribution in [1.82, 2.24) is 14.9 Å². The monoisotopic (exact) mass is 326 g/mol. The van der Waals surface area contributed by atoms with Gasteiger partial charge in [-0.1, -0.05) is 31.4 Å². The van der Waals surface area contributed by atoms with Gasteiger partial charge >= 0.3 is 0 Å². The fraction of sp³-hybridized carbons (Fsp3) is 0.579. The number of nitrogens with one attached hydrogen (secondary N) is 2. The minimum atomic E-state index is 0.0540. The maximum Gasteiger partial charge on any atom is 0.231 e. The first kappa shape index (κ1) is 15.6. The molecule has 1 aliphatic carbocycles. The summed E-state index contributed by atoms with van der Waals surface area (Å²) in [5.74, 6) is 0.895. The van der Waals surface area contributed by atoms with Gasteiger partial charge < -0.3 is 9.88 Å². The fourth-order valence-electron chi connectivity index (χ4n) is 4.13. The van der Waals surface area contributed by atoms with E-state index in [-0.39, 0.29) is 11.8 Å². The van der Waals surface area contributed by atoms with Crippen LogP contribution in [0.15, 0.2) is 24.3 Å². The zero-order valence-electron chi connectivity index (χ0n) is 14.1. The second-order valence-electron chi connectivity index (χ2n) is 7.12. The van der Waals surface area contributed by atoms with E-state index in [0.29, 0.717) is 6.04 Å². The Morgan fingerprint density at radius 3 is 2.75 bits per heavy atom. The van der Waals surface area contributed by atoms with Crippen LogP contribution in [0.5, 0.6) is 0 Å². The average molecular weight is 326 g/mol. The molecule has 2 aliphatic rings. The van der Waals surface area contributed by atoms with E-state index in [4.69, 9.17) is 4.98 Å². The van der Waals surface area contributed by atoms with Crippen molar-refractivity contribution in [1.29, 1.82) is 0 Å². The molecule has 1 aliphatic heterocycles. The zero-order valence-corrected chi connectivity index (χ0v) is 14.1. The maximum atomic E-state index is 12.7. The summed E-state index contributed by atoms with van der Waals surface area (Å²) in [6.07, 6.45) is 8.22. The number of nitrogens with zero attached hydrogens (tertiary/aromatic N) is 2. The Bertz CT molecular complexity index is 711. The van der Waals surface area contributed by atoms with Crippen molar-refractivity contribution in [3.63, 3.8) is 0 Å². The molecule has 24 heavy (non-hydrogen) atoms. The lowest BCUT2D eigenvalue weighted by Gasteiger charge is -2.26. The third-order valence-corrected chi connectivity index (χ3v) is 5.44. The number of fused-ring (bicyclic) bond motifs is 1. The standard InChI is InChI=1S/C19H26N4O/c24-18(14-7-6-12-20-13-14)22-19-21-16-10-4-5-11-17(16)23(19)15-8-2-1-3-9-15/h4-5,10-11,14-15,20H,1-3,6-9,12-13H2,(H,21,22,24). The Morgan fingerprint density at radius 1 is 1.12 bits per heavy atom. The lowest BCUT2D eigenvalue weighted by Crippen LogP contribution is -2.37. The minimum Gasteiger partial charge on any atom is -0.316 e. The number of carbonyl (C=O) groups excluding carboxylic acids is 1. The number of benzene rings is 1. The van der Waals surface area contributed by atoms with Crippen molar-refractivity contribution in [3.8, 4) is 0 Å². The molecule has 128 valence electrons. The van der Waals surface area contributed by atoms with Crippen LogP contribution in [0, 0.1) is 5.92 Å². The highest BCUT2D eigenvalue weighted by Gasteiger charge is 2.25. The number of imidazole rings is 1. The molecule has 0 spiro atoms. The molecule has 1 aromatic carbocycles. The number of carbonyl (C=O) groups is 1. The van der Waals surface area contributed by atoms with Gasteiger partial charge in [0.15, 0.2) is 0 Å². The largest absolute Gasteiger partial charge is 0.316 e. The zero-order chi connectivity index (χ0) is 16.4. The molecule has 1 aromatic heterocycles. The number of hydrogen-bond acceptors (Lipinski definition) is 3. The molecule has 1 amide bonds. The lowest BCUT2D eigenvalue weighted by molar-refractivity contribution is -0.120. The van der Waals surface area contributed by atoms with Gasteiger partial charge in [-0.15, -0.1) is 0 Å². The number of piperidine rings is 1. The molecular formula is C19H26N4O. The smallest absolute Gasteiger partial charge is 0.231 e. The van der Waals surface area contributed by atoms with Gasteiger partial charge in [-0.05, 0) is 44.4 Å². The molecule has 2 aromatic rings. The van der Waals surface area contributed by atoms with Crippen LogP contribution in [-0.4, -0.2) is 28.5 Å². The summed E-state index contributed by atoms with van der Waals surface area (Å²) in [6, 6.07) is 8.67. The van der Waals surface area contributed by atoms with Crippen LogP contribution in [-0.2, 0) is 4.79 Å². The van der Waals surface area contributed by atoms with Crippen LogP contribution < -0.4 is 10.6 Å². The minimum absolute atomic E-state index is 0.0540. The second kappa shape index (κ2) is 6.93. The van der Waals surface area contributed by atoms with E-state index < -0.39 is 0 Å². The van der Waals surface area contributed by atoms with E-state index in [2.05, 4.69) is 27.3 Å². The fourth-order valence-corrected chi connectivity index (χ4v) is 4.13. The van der Waals surface area contributed by atoms with Crippen molar-refractivity contribution in [3.05, 3.63) is 24.3 Å². The van der Waals surface area contributed by atoms with Gasteiger partial charge in [0.25, 0.3) is 0 Å². The SMILES string of the molecule is O=C(Nc1nc2ccccc2n1C1CCCCC1)C1CCCNC1. The van der Waals surface area contributed by atoms with E-state index in [0.717, 1.165) is 42.9 Å². The molecule has 2 heterocycles. The first-order valence-electron chi connectivity index (χ1n) is 9.31. The third kappa shape index (κ3) is 3.05. The lowest BCUT2D eigenvalue weighted by atomic mass is 9.95. The van der Waals surface area contributed by atoms with Gasteiger partial charge in [-0.2, -0.15) is 0 Å². The van der Waals surface area contributed by atoms with Crippen LogP contribution in [0.3, 0.4) is 0 Å². The first-order chi connectivity index (χ1) is 11.8. The van der Waals surface area contributed by atoms with Crippen LogP contribution in [0.4, 0.5) is 5.95 Å². The average Bonchev–Trinajstić information content (AvgIpc) is 3.01. The molecule has 1 saturated carbocycles. The molecule has 4 rings (SSSR count). The number of para-hydroxylation sites is 2. The Morgan fingerprint density at radius 2 is 1.96 bits per heavy atom. The molecule has 2 N–H and O–H groups in total. The summed E-state index contributed by atoms with van der Waals surface area (Å²) in [7, 11) is 0. The summed E-state index contributed by atoms with van der Waals surface area (Å²) in [5.41, 5.74) is 2.11. The van der Waals surface area contributed by atoms with E-state index in [9.17, 15) is 4.79 Å². The summed E-state index contributed by atoms with van der Waals surface area (Å²) < 4.78 is 2.28. The summed E-state index contributed by atoms with van der Waals surface area (Å²) in [5, 5.41) is 6.46. The molecular weight excluding hydrogens is 300 g/mol. The van der Waals surface area contributed by atoms with E-state index in [1.165, 1.54) is 32.1 Å². The number of aromatic nitrogens is 2. The van der Waals surface area contributed by atoms with Gasteiger partial charge in [-0.25, -0.2) is 4.98 Å². The van der Waals surface area contributed by atoms with Gasteiger partial charge in [0, 0.05) is 12.6 Å². The summed E-state index contributed by atoms with van der Waals surface area (Å²) >= 11 is 0. The normalized spacial score (nSPS) is 22.6. The quantitative estimate of drug-likeness (QED) is 0.908. The Balaban J connectivity index is 1.64. The Hall–Kier alpha value is -1.88. The van der Waals surface area contributed by atoms with Gasteiger partial charge in [-0.3, -0.25) is 10.1 Å². The molecule has 5 nitrogen and oxygen atoms in total. The van der Waals surface area contributed by atoms with Gasteiger partial charge in [0.2, 0.25) is 11.9 Å². The number of anilines is 1. The number of hydrogen-bond donors (Lipinski definition) is 2. The maximum absolute atomic E-state index is 12.7. The van der Waals surface area contributed by atoms with Crippen LogP contribution in [0.2, 0.25) is 0 Å². The predicted octanol–water partition coefficient (Wildman–Crippen LogP) is 3.48. The summed E-state index contributed by atoms with van der Waals surface area (Å²) in [4.78, 5) is 17.4. The van der Waals surface area contributed by atoms with E-state index in [1.807, 2.05) is 12.1 Å². The molecule has 1 saturated heterocycles. The van der Waals surface area contributed by atoms with Crippen molar-refractivity contribution < 1.29 is 4.79 Å². The highest BCUT2D eigenvalue weighted by atomic mass is 16.2. The van der Waals surface area contributed by atoms with Crippen molar-refractivity contribution in [2.24, 2.45) is 5.92 Å². The molecule has 5 heteroatoms. The topological polar surface area (TPSA) is 59.0 Å². The van der Waals surface area contributed by atoms with Gasteiger partial charge in [0.05, 0.1) is 17.0 Å². The van der Waals surface area contributed by atoms with Crippen LogP contribution in [0.25, 0.3) is 11.0 Å². The third-order valence-electron chi connectivity index (χ3n) is 5.44. The predicted molar refractivity (Wildman–Crippen MR) is 96.1 cm³/mol. The summed E-state index contributed by atoms with van der Waals surface area (Å²) in [6.45, 7) is 1.79.